The van der Waals surface area contributed by atoms with E-state index in [4.69, 9.17) is 6.42 Å². The first-order valence-electron chi connectivity index (χ1n) is 5.97. The molecule has 0 amide bonds. The zero-order valence-electron chi connectivity index (χ0n) is 11.0. The highest BCUT2D eigenvalue weighted by atomic mass is 32.2. The molecule has 0 aliphatic heterocycles. The second-order valence-electron chi connectivity index (χ2n) is 4.22. The number of nitrogens with one attached hydrogen (secondary N) is 1. The number of hydrogen-bond acceptors (Lipinski definition) is 3. The van der Waals surface area contributed by atoms with Crippen LogP contribution in [-0.2, 0) is 10.0 Å². The van der Waals surface area contributed by atoms with Crippen LogP contribution in [0.5, 0.6) is 0 Å². The number of benzene rings is 1. The van der Waals surface area contributed by atoms with Gasteiger partial charge in [-0.1, -0.05) is 19.1 Å². The van der Waals surface area contributed by atoms with E-state index in [9.17, 15) is 13.2 Å². The van der Waals surface area contributed by atoms with Gasteiger partial charge in [0, 0.05) is 18.0 Å². The highest BCUT2D eigenvalue weighted by Crippen LogP contribution is 2.13. The van der Waals surface area contributed by atoms with Gasteiger partial charge in [-0.2, -0.15) is 0 Å². The van der Waals surface area contributed by atoms with E-state index in [0.29, 0.717) is 18.4 Å². The summed E-state index contributed by atoms with van der Waals surface area (Å²) in [5.41, 5.74) is 0.368. The van der Waals surface area contributed by atoms with Crippen LogP contribution in [0.1, 0.15) is 37.0 Å². The van der Waals surface area contributed by atoms with Crippen LogP contribution < -0.4 is 4.72 Å². The molecular formula is C14H17NO3S. The Morgan fingerprint density at radius 2 is 2.16 bits per heavy atom. The first kappa shape index (κ1) is 15.4. The second-order valence-corrected chi connectivity index (χ2v) is 5.93. The molecule has 0 saturated carbocycles. The molecule has 0 heterocycles. The number of hydrogen-bond donors (Lipinski definition) is 1. The van der Waals surface area contributed by atoms with Gasteiger partial charge in [-0.15, -0.1) is 12.3 Å². The van der Waals surface area contributed by atoms with Gasteiger partial charge in [0.1, 0.15) is 0 Å². The molecular weight excluding hydrogens is 262 g/mol. The average Bonchev–Trinajstić information content (AvgIpc) is 2.38. The van der Waals surface area contributed by atoms with Crippen molar-refractivity contribution in [3.63, 3.8) is 0 Å². The summed E-state index contributed by atoms with van der Waals surface area (Å²) in [7, 11) is -3.65. The van der Waals surface area contributed by atoms with Gasteiger partial charge >= 0.3 is 0 Å². The highest BCUT2D eigenvalue weighted by molar-refractivity contribution is 7.89. The van der Waals surface area contributed by atoms with Gasteiger partial charge < -0.3 is 0 Å². The van der Waals surface area contributed by atoms with Crippen LogP contribution in [-0.4, -0.2) is 20.2 Å². The number of terminal acetylenes is 1. The molecule has 19 heavy (non-hydrogen) atoms. The van der Waals surface area contributed by atoms with E-state index in [2.05, 4.69) is 10.6 Å². The van der Waals surface area contributed by atoms with Gasteiger partial charge in [0.15, 0.2) is 5.78 Å². The summed E-state index contributed by atoms with van der Waals surface area (Å²) in [4.78, 5) is 11.3. The Balaban J connectivity index is 3.03. The SMILES string of the molecule is C#CCC(CC)NS(=O)(=O)c1cccc(C(C)=O)c1. The van der Waals surface area contributed by atoms with Crippen LogP contribution in [0.3, 0.4) is 0 Å². The van der Waals surface area contributed by atoms with Gasteiger partial charge in [0.2, 0.25) is 10.0 Å². The predicted octanol–water partition coefficient (Wildman–Crippen LogP) is 1.97. The van der Waals surface area contributed by atoms with Crippen molar-refractivity contribution in [1.29, 1.82) is 0 Å². The minimum atomic E-state index is -3.65. The molecule has 1 rings (SSSR count). The van der Waals surface area contributed by atoms with Crippen molar-refractivity contribution in [1.82, 2.24) is 4.72 Å². The summed E-state index contributed by atoms with van der Waals surface area (Å²) in [5.74, 6) is 2.27. The lowest BCUT2D eigenvalue weighted by molar-refractivity contribution is 0.101. The van der Waals surface area contributed by atoms with Crippen molar-refractivity contribution in [3.05, 3.63) is 29.8 Å². The summed E-state index contributed by atoms with van der Waals surface area (Å²) in [6.07, 6.45) is 6.14. The third kappa shape index (κ3) is 4.19. The Kier molecular flexibility index (Phi) is 5.28. The summed E-state index contributed by atoms with van der Waals surface area (Å²) < 4.78 is 26.9. The van der Waals surface area contributed by atoms with Gasteiger partial charge in [-0.25, -0.2) is 13.1 Å². The Morgan fingerprint density at radius 1 is 1.47 bits per heavy atom. The molecule has 1 unspecified atom stereocenters. The zero-order valence-corrected chi connectivity index (χ0v) is 11.8. The van der Waals surface area contributed by atoms with Crippen LogP contribution in [0.15, 0.2) is 29.2 Å². The fourth-order valence-electron chi connectivity index (χ4n) is 1.58. The number of sulfonamides is 1. The minimum absolute atomic E-state index is 0.0793. The first-order valence-corrected chi connectivity index (χ1v) is 7.45. The smallest absolute Gasteiger partial charge is 0.240 e. The molecule has 0 bridgehead atoms. The van der Waals surface area contributed by atoms with Crippen molar-refractivity contribution in [2.45, 2.75) is 37.6 Å². The fourth-order valence-corrected chi connectivity index (χ4v) is 2.95. The van der Waals surface area contributed by atoms with E-state index in [1.165, 1.54) is 19.1 Å². The maximum Gasteiger partial charge on any atom is 0.240 e. The zero-order chi connectivity index (χ0) is 14.5. The Bertz CT molecular complexity index is 599. The molecule has 1 aromatic rings. The molecule has 0 aliphatic rings. The molecule has 0 aromatic heterocycles. The monoisotopic (exact) mass is 279 g/mol. The Labute approximate surface area is 114 Å². The predicted molar refractivity (Wildman–Crippen MR) is 74.3 cm³/mol. The molecule has 0 aliphatic carbocycles. The summed E-state index contributed by atoms with van der Waals surface area (Å²) in [6, 6.07) is 5.66. The lowest BCUT2D eigenvalue weighted by Crippen LogP contribution is -2.34. The van der Waals surface area contributed by atoms with E-state index in [-0.39, 0.29) is 16.7 Å². The van der Waals surface area contributed by atoms with Crippen LogP contribution in [0.25, 0.3) is 0 Å². The van der Waals surface area contributed by atoms with Crippen molar-refractivity contribution >= 4 is 15.8 Å². The van der Waals surface area contributed by atoms with Crippen molar-refractivity contribution in [2.75, 3.05) is 0 Å². The number of Topliss-reactive ketones (excluding diaryl/α,β-unsaturated/α-hetero) is 1. The topological polar surface area (TPSA) is 63.2 Å². The van der Waals surface area contributed by atoms with Crippen molar-refractivity contribution in [2.24, 2.45) is 0 Å². The molecule has 102 valence electrons. The minimum Gasteiger partial charge on any atom is -0.295 e. The quantitative estimate of drug-likeness (QED) is 0.639. The molecule has 0 radical (unpaired) electrons. The van der Waals surface area contributed by atoms with Crippen LogP contribution in [0, 0.1) is 12.3 Å². The lowest BCUT2D eigenvalue weighted by atomic mass is 10.2. The van der Waals surface area contributed by atoms with Gasteiger partial charge in [0.25, 0.3) is 0 Å². The fraction of sp³-hybridized carbons (Fsp3) is 0.357. The number of rotatable bonds is 6. The average molecular weight is 279 g/mol. The number of ketones is 1. The van der Waals surface area contributed by atoms with Crippen LogP contribution in [0.2, 0.25) is 0 Å². The van der Waals surface area contributed by atoms with Crippen molar-refractivity contribution in [3.8, 4) is 12.3 Å². The normalized spacial score (nSPS) is 12.7. The molecule has 0 fully saturated rings. The maximum atomic E-state index is 12.2. The van der Waals surface area contributed by atoms with E-state index in [1.54, 1.807) is 12.1 Å². The molecule has 1 N–H and O–H groups in total. The van der Waals surface area contributed by atoms with E-state index < -0.39 is 10.0 Å². The van der Waals surface area contributed by atoms with E-state index in [1.807, 2.05) is 6.92 Å². The number of carbonyl (C=O) groups is 1. The van der Waals surface area contributed by atoms with E-state index >= 15 is 0 Å². The molecule has 0 spiro atoms. The maximum absolute atomic E-state index is 12.2. The molecule has 1 atom stereocenters. The Hall–Kier alpha value is -1.64. The van der Waals surface area contributed by atoms with Gasteiger partial charge in [-0.05, 0) is 25.5 Å². The van der Waals surface area contributed by atoms with Gasteiger partial charge in [0.05, 0.1) is 4.90 Å². The van der Waals surface area contributed by atoms with Crippen molar-refractivity contribution < 1.29 is 13.2 Å². The molecule has 4 nitrogen and oxygen atoms in total. The lowest BCUT2D eigenvalue weighted by Gasteiger charge is -2.14. The first-order chi connectivity index (χ1) is 8.90. The van der Waals surface area contributed by atoms with Gasteiger partial charge in [-0.3, -0.25) is 4.79 Å². The molecule has 0 saturated heterocycles. The third-order valence-corrected chi connectivity index (χ3v) is 4.25. The third-order valence-electron chi connectivity index (χ3n) is 2.73. The standard InChI is InChI=1S/C14H17NO3S/c1-4-7-13(5-2)15-19(17,18)14-9-6-8-12(10-14)11(3)16/h1,6,8-10,13,15H,5,7H2,2-3H3. The summed E-state index contributed by atoms with van der Waals surface area (Å²) in [6.45, 7) is 3.25. The second kappa shape index (κ2) is 6.50. The van der Waals surface area contributed by atoms with Crippen LogP contribution in [0.4, 0.5) is 0 Å². The van der Waals surface area contributed by atoms with E-state index in [0.717, 1.165) is 0 Å². The Morgan fingerprint density at radius 3 is 2.68 bits per heavy atom. The summed E-state index contributed by atoms with van der Waals surface area (Å²) >= 11 is 0. The molecule has 1 aromatic carbocycles. The molecule has 5 heteroatoms. The largest absolute Gasteiger partial charge is 0.295 e. The number of carbonyl (C=O) groups excluding carboxylic acids is 1. The highest BCUT2D eigenvalue weighted by Gasteiger charge is 2.19. The summed E-state index contributed by atoms with van der Waals surface area (Å²) in [5, 5.41) is 0. The van der Waals surface area contributed by atoms with Crippen LogP contribution >= 0.6 is 0 Å².